The molecular formula is C12H17N5O2. The van der Waals surface area contributed by atoms with Crippen LogP contribution < -0.4 is 0 Å². The fourth-order valence-corrected chi connectivity index (χ4v) is 1.96. The van der Waals surface area contributed by atoms with Gasteiger partial charge in [0.05, 0.1) is 18.2 Å². The lowest BCUT2D eigenvalue weighted by Crippen LogP contribution is -2.07. The molecule has 0 aromatic carbocycles. The van der Waals surface area contributed by atoms with Gasteiger partial charge in [0.2, 0.25) is 0 Å². The Kier molecular flexibility index (Phi) is 3.94. The van der Waals surface area contributed by atoms with Gasteiger partial charge < -0.3 is 9.67 Å². The fraction of sp³-hybridized carbons (Fsp3) is 0.500. The number of aryl methyl sites for hydroxylation is 2. The molecule has 0 aliphatic heterocycles. The molecule has 0 saturated heterocycles. The van der Waals surface area contributed by atoms with Gasteiger partial charge in [-0.1, -0.05) is 25.0 Å². The zero-order valence-electron chi connectivity index (χ0n) is 11.1. The minimum absolute atomic E-state index is 0.0277. The third-order valence-corrected chi connectivity index (χ3v) is 2.97. The van der Waals surface area contributed by atoms with Gasteiger partial charge in [0.1, 0.15) is 5.69 Å². The van der Waals surface area contributed by atoms with Crippen molar-refractivity contribution in [1.82, 2.24) is 24.5 Å². The number of hydrogen-bond donors (Lipinski definition) is 1. The van der Waals surface area contributed by atoms with Crippen molar-refractivity contribution in [3.63, 3.8) is 0 Å². The highest BCUT2D eigenvalue weighted by molar-refractivity contribution is 5.92. The van der Waals surface area contributed by atoms with Crippen molar-refractivity contribution in [2.75, 3.05) is 0 Å². The first-order valence-corrected chi connectivity index (χ1v) is 6.28. The minimum atomic E-state index is -1.07. The minimum Gasteiger partial charge on any atom is -0.476 e. The highest BCUT2D eigenvalue weighted by atomic mass is 16.4. The first-order chi connectivity index (χ1) is 9.15. The maximum Gasteiger partial charge on any atom is 0.358 e. The van der Waals surface area contributed by atoms with Crippen LogP contribution in [0.3, 0.4) is 0 Å². The number of aromatic nitrogens is 5. The number of aromatic carboxylic acids is 1. The Morgan fingerprint density at radius 1 is 1.42 bits per heavy atom. The molecule has 0 unspecified atom stereocenters. The van der Waals surface area contributed by atoms with E-state index in [0.717, 1.165) is 19.3 Å². The van der Waals surface area contributed by atoms with E-state index in [1.165, 1.54) is 0 Å². The van der Waals surface area contributed by atoms with Gasteiger partial charge in [0, 0.05) is 13.6 Å². The number of carbonyl (C=O) groups is 1. The molecule has 2 heterocycles. The lowest BCUT2D eigenvalue weighted by atomic mass is 10.2. The molecule has 1 N–H and O–H groups in total. The summed E-state index contributed by atoms with van der Waals surface area (Å²) in [5.74, 6) is -1.07. The first kappa shape index (κ1) is 13.3. The molecule has 19 heavy (non-hydrogen) atoms. The fourth-order valence-electron chi connectivity index (χ4n) is 1.96. The van der Waals surface area contributed by atoms with Gasteiger partial charge in [-0.25, -0.2) is 14.5 Å². The van der Waals surface area contributed by atoms with Gasteiger partial charge in [-0.2, -0.15) is 0 Å². The Morgan fingerprint density at radius 2 is 2.21 bits per heavy atom. The quantitative estimate of drug-likeness (QED) is 0.799. The van der Waals surface area contributed by atoms with Crippen LogP contribution in [0.5, 0.6) is 0 Å². The first-order valence-electron chi connectivity index (χ1n) is 6.28. The smallest absolute Gasteiger partial charge is 0.358 e. The van der Waals surface area contributed by atoms with Gasteiger partial charge in [-0.05, 0) is 6.42 Å². The Hall–Kier alpha value is -2.18. The van der Waals surface area contributed by atoms with Crippen molar-refractivity contribution in [3.8, 4) is 11.4 Å². The predicted molar refractivity (Wildman–Crippen MR) is 68.7 cm³/mol. The van der Waals surface area contributed by atoms with Crippen molar-refractivity contribution >= 4 is 5.97 Å². The molecule has 0 fully saturated rings. The molecule has 0 bridgehead atoms. The van der Waals surface area contributed by atoms with Gasteiger partial charge >= 0.3 is 5.97 Å². The summed E-state index contributed by atoms with van der Waals surface area (Å²) in [6.45, 7) is 2.78. The van der Waals surface area contributed by atoms with Crippen LogP contribution in [-0.4, -0.2) is 35.6 Å². The molecule has 7 heteroatoms. The summed E-state index contributed by atoms with van der Waals surface area (Å²) in [4.78, 5) is 15.2. The molecule has 0 radical (unpaired) electrons. The average molecular weight is 263 g/mol. The zero-order chi connectivity index (χ0) is 13.8. The molecule has 2 aromatic rings. The summed E-state index contributed by atoms with van der Waals surface area (Å²) in [5.41, 5.74) is 1.20. The van der Waals surface area contributed by atoms with E-state index in [2.05, 4.69) is 22.2 Å². The Bertz CT molecular complexity index is 572. The zero-order valence-corrected chi connectivity index (χ0v) is 11.1. The van der Waals surface area contributed by atoms with E-state index < -0.39 is 5.97 Å². The normalized spacial score (nSPS) is 10.8. The molecule has 0 saturated carbocycles. The number of hydrogen-bond acceptors (Lipinski definition) is 4. The molecule has 2 aromatic heterocycles. The Balaban J connectivity index is 2.40. The molecule has 0 amide bonds. The summed E-state index contributed by atoms with van der Waals surface area (Å²) in [5, 5.41) is 16.9. The summed E-state index contributed by atoms with van der Waals surface area (Å²) in [7, 11) is 1.82. The highest BCUT2D eigenvalue weighted by Crippen LogP contribution is 2.22. The molecule has 102 valence electrons. The van der Waals surface area contributed by atoms with Crippen LogP contribution in [0.15, 0.2) is 12.5 Å². The maximum absolute atomic E-state index is 11.2. The van der Waals surface area contributed by atoms with Crippen LogP contribution in [0.2, 0.25) is 0 Å². The van der Waals surface area contributed by atoms with Gasteiger partial charge in [-0.3, -0.25) is 0 Å². The van der Waals surface area contributed by atoms with E-state index in [1.54, 1.807) is 21.8 Å². The lowest BCUT2D eigenvalue weighted by molar-refractivity contribution is 0.0691. The van der Waals surface area contributed by atoms with Crippen LogP contribution in [0.25, 0.3) is 11.4 Å². The highest BCUT2D eigenvalue weighted by Gasteiger charge is 2.22. The van der Waals surface area contributed by atoms with E-state index in [-0.39, 0.29) is 5.69 Å². The van der Waals surface area contributed by atoms with Crippen molar-refractivity contribution < 1.29 is 9.90 Å². The molecule has 7 nitrogen and oxygen atoms in total. The SMILES string of the molecule is CCCCCn1nnc(C(=O)O)c1-c1cncn1C. The number of carboxylic acids is 1. The van der Waals surface area contributed by atoms with Crippen molar-refractivity contribution in [2.24, 2.45) is 7.05 Å². The van der Waals surface area contributed by atoms with Gasteiger partial charge in [0.15, 0.2) is 5.69 Å². The number of carboxylic acid groups (broad SMARTS) is 1. The third-order valence-electron chi connectivity index (χ3n) is 2.97. The van der Waals surface area contributed by atoms with Gasteiger partial charge in [0.25, 0.3) is 0 Å². The van der Waals surface area contributed by atoms with Crippen LogP contribution >= 0.6 is 0 Å². The van der Waals surface area contributed by atoms with E-state index in [1.807, 2.05) is 7.05 Å². The molecule has 0 spiro atoms. The average Bonchev–Trinajstić information content (AvgIpc) is 2.95. The molecule has 2 rings (SSSR count). The number of rotatable bonds is 6. The number of imidazole rings is 1. The molecule has 0 aliphatic carbocycles. The van der Waals surface area contributed by atoms with Crippen molar-refractivity contribution in [1.29, 1.82) is 0 Å². The van der Waals surface area contributed by atoms with E-state index in [4.69, 9.17) is 0 Å². The topological polar surface area (TPSA) is 85.8 Å². The summed E-state index contributed by atoms with van der Waals surface area (Å²) < 4.78 is 3.41. The maximum atomic E-state index is 11.2. The van der Waals surface area contributed by atoms with Gasteiger partial charge in [-0.15, -0.1) is 5.10 Å². The Morgan fingerprint density at radius 3 is 2.79 bits per heavy atom. The number of nitrogens with zero attached hydrogens (tertiary/aromatic N) is 5. The monoisotopic (exact) mass is 263 g/mol. The standard InChI is InChI=1S/C12H17N5O2/c1-3-4-5-6-17-11(9-7-13-8-16(9)2)10(12(18)19)14-15-17/h7-8H,3-6H2,1-2H3,(H,18,19). The second-order valence-electron chi connectivity index (χ2n) is 4.41. The van der Waals surface area contributed by atoms with E-state index >= 15 is 0 Å². The summed E-state index contributed by atoms with van der Waals surface area (Å²) >= 11 is 0. The summed E-state index contributed by atoms with van der Waals surface area (Å²) in [6, 6.07) is 0. The largest absolute Gasteiger partial charge is 0.476 e. The number of unbranched alkanes of at least 4 members (excludes halogenated alkanes) is 2. The van der Waals surface area contributed by atoms with Crippen molar-refractivity contribution in [2.45, 2.75) is 32.7 Å². The third kappa shape index (κ3) is 2.64. The van der Waals surface area contributed by atoms with E-state index in [9.17, 15) is 9.90 Å². The van der Waals surface area contributed by atoms with E-state index in [0.29, 0.717) is 17.9 Å². The van der Waals surface area contributed by atoms with Crippen LogP contribution in [0.4, 0.5) is 0 Å². The Labute approximate surface area is 110 Å². The predicted octanol–water partition coefficient (Wildman–Crippen LogP) is 1.57. The molecule has 0 aliphatic rings. The molecular weight excluding hydrogens is 246 g/mol. The second-order valence-corrected chi connectivity index (χ2v) is 4.41. The van der Waals surface area contributed by atoms with Crippen LogP contribution in [0.1, 0.15) is 36.7 Å². The molecule has 0 atom stereocenters. The second kappa shape index (κ2) is 5.64. The van der Waals surface area contributed by atoms with Crippen LogP contribution in [-0.2, 0) is 13.6 Å². The van der Waals surface area contributed by atoms with Crippen LogP contribution in [0, 0.1) is 0 Å². The lowest BCUT2D eigenvalue weighted by Gasteiger charge is -2.07. The van der Waals surface area contributed by atoms with Crippen molar-refractivity contribution in [3.05, 3.63) is 18.2 Å². The summed E-state index contributed by atoms with van der Waals surface area (Å²) in [6.07, 6.45) is 6.38.